The zero-order chi connectivity index (χ0) is 15.0. The summed E-state index contributed by atoms with van der Waals surface area (Å²) in [5.41, 5.74) is 7.74. The summed E-state index contributed by atoms with van der Waals surface area (Å²) in [6.45, 7) is 0. The quantitative estimate of drug-likeness (QED) is 0.864. The van der Waals surface area contributed by atoms with E-state index in [9.17, 15) is 14.7 Å². The van der Waals surface area contributed by atoms with Crippen molar-refractivity contribution < 1.29 is 14.7 Å². The van der Waals surface area contributed by atoms with Crippen LogP contribution in [0.3, 0.4) is 0 Å². The van der Waals surface area contributed by atoms with E-state index in [2.05, 4.69) is 0 Å². The predicted octanol–water partition coefficient (Wildman–Crippen LogP) is 1.55. The second-order valence-corrected chi connectivity index (χ2v) is 5.95. The van der Waals surface area contributed by atoms with Crippen LogP contribution in [0.15, 0.2) is 24.3 Å². The lowest BCUT2D eigenvalue weighted by Crippen LogP contribution is -2.50. The number of benzene rings is 1. The van der Waals surface area contributed by atoms with Crippen molar-refractivity contribution in [2.75, 3.05) is 4.90 Å². The molecule has 21 heavy (non-hydrogen) atoms. The van der Waals surface area contributed by atoms with Gasteiger partial charge >= 0.3 is 5.97 Å². The molecule has 2 aliphatic rings. The number of hydrogen-bond donors (Lipinski definition) is 2. The first-order valence-corrected chi connectivity index (χ1v) is 7.49. The van der Waals surface area contributed by atoms with Crippen molar-refractivity contribution in [3.8, 4) is 0 Å². The highest BCUT2D eigenvalue weighted by Crippen LogP contribution is 2.35. The SMILES string of the molecule is NC1CCCCC1C(=O)N1c2ccccc2CC1C(=O)O. The number of carbonyl (C=O) groups excluding carboxylic acids is 1. The average molecular weight is 288 g/mol. The van der Waals surface area contributed by atoms with E-state index in [0.717, 1.165) is 36.9 Å². The Labute approximate surface area is 123 Å². The van der Waals surface area contributed by atoms with Crippen molar-refractivity contribution in [2.45, 2.75) is 44.2 Å². The van der Waals surface area contributed by atoms with Crippen LogP contribution in [0.1, 0.15) is 31.2 Å². The molecule has 3 unspecified atom stereocenters. The minimum Gasteiger partial charge on any atom is -0.480 e. The van der Waals surface area contributed by atoms with Crippen LogP contribution in [0.2, 0.25) is 0 Å². The fourth-order valence-corrected chi connectivity index (χ4v) is 3.50. The largest absolute Gasteiger partial charge is 0.480 e. The van der Waals surface area contributed by atoms with Crippen LogP contribution in [0.25, 0.3) is 0 Å². The topological polar surface area (TPSA) is 83.6 Å². The van der Waals surface area contributed by atoms with Crippen LogP contribution < -0.4 is 10.6 Å². The smallest absolute Gasteiger partial charge is 0.327 e. The highest BCUT2D eigenvalue weighted by Gasteiger charge is 2.42. The fraction of sp³-hybridized carbons (Fsp3) is 0.500. The van der Waals surface area contributed by atoms with Gasteiger partial charge in [-0.1, -0.05) is 31.0 Å². The van der Waals surface area contributed by atoms with Gasteiger partial charge in [0.15, 0.2) is 0 Å². The second-order valence-electron chi connectivity index (χ2n) is 5.95. The van der Waals surface area contributed by atoms with E-state index in [-0.39, 0.29) is 17.9 Å². The van der Waals surface area contributed by atoms with E-state index < -0.39 is 12.0 Å². The van der Waals surface area contributed by atoms with E-state index in [1.54, 1.807) is 0 Å². The molecule has 3 atom stereocenters. The van der Waals surface area contributed by atoms with Gasteiger partial charge in [-0.2, -0.15) is 0 Å². The molecule has 5 nitrogen and oxygen atoms in total. The third-order valence-corrected chi connectivity index (χ3v) is 4.64. The lowest BCUT2D eigenvalue weighted by Gasteiger charge is -2.33. The molecule has 1 heterocycles. The molecular formula is C16H20N2O3. The number of carboxylic acid groups (broad SMARTS) is 1. The lowest BCUT2D eigenvalue weighted by molar-refractivity contribution is -0.140. The maximum atomic E-state index is 12.9. The van der Waals surface area contributed by atoms with Crippen LogP contribution in [-0.2, 0) is 16.0 Å². The first-order chi connectivity index (χ1) is 10.1. The average Bonchev–Trinajstić information content (AvgIpc) is 2.86. The first-order valence-electron chi connectivity index (χ1n) is 7.49. The molecule has 5 heteroatoms. The summed E-state index contributed by atoms with van der Waals surface area (Å²) in [5.74, 6) is -1.34. The predicted molar refractivity (Wildman–Crippen MR) is 79.0 cm³/mol. The van der Waals surface area contributed by atoms with Gasteiger partial charge in [-0.15, -0.1) is 0 Å². The number of amides is 1. The summed E-state index contributed by atoms with van der Waals surface area (Å²) in [5, 5.41) is 9.44. The lowest BCUT2D eigenvalue weighted by atomic mass is 9.84. The molecule has 0 spiro atoms. The number of rotatable bonds is 2. The Bertz CT molecular complexity index is 572. The van der Waals surface area contributed by atoms with Gasteiger partial charge in [0.05, 0.1) is 5.92 Å². The van der Waals surface area contributed by atoms with Gasteiger partial charge < -0.3 is 10.8 Å². The van der Waals surface area contributed by atoms with E-state index >= 15 is 0 Å². The summed E-state index contributed by atoms with van der Waals surface area (Å²) < 4.78 is 0. The molecule has 0 aromatic heterocycles. The summed E-state index contributed by atoms with van der Waals surface area (Å²) in [4.78, 5) is 25.9. The Morgan fingerprint density at radius 1 is 1.19 bits per heavy atom. The number of carboxylic acids is 1. The molecule has 1 aliphatic heterocycles. The standard InChI is InChI=1S/C16H20N2O3/c17-12-7-3-2-6-11(12)15(19)18-13-8-4-1-5-10(13)9-14(18)16(20)21/h1,4-5,8,11-12,14H,2-3,6-7,9,17H2,(H,20,21). The van der Waals surface area contributed by atoms with Crippen LogP contribution in [-0.4, -0.2) is 29.1 Å². The molecule has 0 bridgehead atoms. The second kappa shape index (κ2) is 5.48. The number of nitrogens with zero attached hydrogens (tertiary/aromatic N) is 1. The third-order valence-electron chi connectivity index (χ3n) is 4.64. The molecule has 0 radical (unpaired) electrons. The Kier molecular flexibility index (Phi) is 3.68. The van der Waals surface area contributed by atoms with Crippen molar-refractivity contribution in [1.82, 2.24) is 0 Å². The highest BCUT2D eigenvalue weighted by atomic mass is 16.4. The molecule has 1 aliphatic carbocycles. The van der Waals surface area contributed by atoms with Gasteiger partial charge in [0, 0.05) is 18.2 Å². The normalized spacial score (nSPS) is 28.2. The maximum Gasteiger partial charge on any atom is 0.327 e. The molecule has 1 aromatic rings. The fourth-order valence-electron chi connectivity index (χ4n) is 3.50. The molecule has 3 N–H and O–H groups in total. The number of fused-ring (bicyclic) bond motifs is 1. The Balaban J connectivity index is 1.93. The molecular weight excluding hydrogens is 268 g/mol. The van der Waals surface area contributed by atoms with Gasteiger partial charge in [0.1, 0.15) is 6.04 Å². The first kappa shape index (κ1) is 14.1. The molecule has 1 aromatic carbocycles. The van der Waals surface area contributed by atoms with Gasteiger partial charge in [-0.25, -0.2) is 4.79 Å². The molecule has 112 valence electrons. The molecule has 0 saturated heterocycles. The summed E-state index contributed by atoms with van der Waals surface area (Å²) in [6.07, 6.45) is 4.00. The summed E-state index contributed by atoms with van der Waals surface area (Å²) in [6, 6.07) is 6.46. The van der Waals surface area contributed by atoms with Crippen LogP contribution in [0, 0.1) is 5.92 Å². The Morgan fingerprint density at radius 2 is 1.90 bits per heavy atom. The van der Waals surface area contributed by atoms with Gasteiger partial charge in [0.25, 0.3) is 0 Å². The Morgan fingerprint density at radius 3 is 2.62 bits per heavy atom. The zero-order valence-electron chi connectivity index (χ0n) is 11.9. The number of nitrogens with two attached hydrogens (primary N) is 1. The van der Waals surface area contributed by atoms with Crippen molar-refractivity contribution in [3.63, 3.8) is 0 Å². The van der Waals surface area contributed by atoms with Crippen molar-refractivity contribution in [1.29, 1.82) is 0 Å². The van der Waals surface area contributed by atoms with Gasteiger partial charge in [-0.3, -0.25) is 9.69 Å². The molecule has 1 amide bonds. The van der Waals surface area contributed by atoms with Crippen LogP contribution in [0.5, 0.6) is 0 Å². The van der Waals surface area contributed by atoms with E-state index in [1.807, 2.05) is 24.3 Å². The number of hydrogen-bond acceptors (Lipinski definition) is 3. The van der Waals surface area contributed by atoms with Crippen LogP contribution >= 0.6 is 0 Å². The van der Waals surface area contributed by atoms with Gasteiger partial charge in [0.2, 0.25) is 5.91 Å². The summed E-state index contributed by atoms with van der Waals surface area (Å²) >= 11 is 0. The minimum absolute atomic E-state index is 0.125. The minimum atomic E-state index is -0.955. The monoisotopic (exact) mass is 288 g/mol. The molecule has 1 saturated carbocycles. The number of anilines is 1. The van der Waals surface area contributed by atoms with Gasteiger partial charge in [-0.05, 0) is 24.5 Å². The van der Waals surface area contributed by atoms with E-state index in [1.165, 1.54) is 4.90 Å². The number of carbonyl (C=O) groups is 2. The van der Waals surface area contributed by atoms with Crippen LogP contribution in [0.4, 0.5) is 5.69 Å². The Hall–Kier alpha value is -1.88. The maximum absolute atomic E-state index is 12.9. The number of aliphatic carboxylic acids is 1. The van der Waals surface area contributed by atoms with Crippen molar-refractivity contribution in [2.24, 2.45) is 11.7 Å². The van der Waals surface area contributed by atoms with E-state index in [0.29, 0.717) is 6.42 Å². The van der Waals surface area contributed by atoms with Crippen molar-refractivity contribution >= 4 is 17.6 Å². The highest BCUT2D eigenvalue weighted by molar-refractivity contribution is 6.03. The van der Waals surface area contributed by atoms with E-state index in [4.69, 9.17) is 5.73 Å². The zero-order valence-corrected chi connectivity index (χ0v) is 11.9. The molecule has 1 fully saturated rings. The third kappa shape index (κ3) is 2.42. The summed E-state index contributed by atoms with van der Waals surface area (Å²) in [7, 11) is 0. The molecule has 3 rings (SSSR count). The number of para-hydroxylation sites is 1. The van der Waals surface area contributed by atoms with Crippen molar-refractivity contribution in [3.05, 3.63) is 29.8 Å².